The molecule has 1 saturated heterocycles. The molecule has 1 rings (SSSR count). The number of hydrogen-bond acceptors (Lipinski definition) is 4. The van der Waals surface area contributed by atoms with E-state index in [2.05, 4.69) is 0 Å². The molecule has 0 aliphatic carbocycles. The van der Waals surface area contributed by atoms with Crippen molar-refractivity contribution in [3.63, 3.8) is 0 Å². The highest BCUT2D eigenvalue weighted by molar-refractivity contribution is 5.99. The Morgan fingerprint density at radius 3 is 2.76 bits per heavy atom. The second kappa shape index (κ2) is 7.43. The summed E-state index contributed by atoms with van der Waals surface area (Å²) in [7, 11) is 1.33. The van der Waals surface area contributed by atoms with Crippen LogP contribution in [0, 0.1) is 5.92 Å². The minimum Gasteiger partial charge on any atom is -0.468 e. The van der Waals surface area contributed by atoms with Crippen LogP contribution in [0.3, 0.4) is 0 Å². The first-order valence-corrected chi connectivity index (χ1v) is 6.41. The molecular weight excluding hydrogens is 220 g/mol. The number of ketones is 1. The molecule has 1 aliphatic heterocycles. The number of hydrogen-bond donors (Lipinski definition) is 0. The van der Waals surface area contributed by atoms with Gasteiger partial charge in [-0.15, -0.1) is 0 Å². The Morgan fingerprint density at radius 1 is 1.47 bits per heavy atom. The summed E-state index contributed by atoms with van der Waals surface area (Å²) in [5.41, 5.74) is 0. The summed E-state index contributed by atoms with van der Waals surface area (Å²) < 4.78 is 10.1. The van der Waals surface area contributed by atoms with Crippen LogP contribution in [-0.2, 0) is 19.1 Å². The van der Waals surface area contributed by atoms with Crippen molar-refractivity contribution in [1.29, 1.82) is 0 Å². The van der Waals surface area contributed by atoms with Crippen molar-refractivity contribution in [3.05, 3.63) is 0 Å². The lowest BCUT2D eigenvalue weighted by Gasteiger charge is -2.15. The predicted octanol–water partition coefficient (Wildman–Crippen LogP) is 2.10. The number of carbonyl (C=O) groups excluding carboxylic acids is 2. The van der Waals surface area contributed by atoms with Crippen LogP contribution < -0.4 is 0 Å². The molecule has 0 radical (unpaired) electrons. The van der Waals surface area contributed by atoms with E-state index in [-0.39, 0.29) is 11.9 Å². The number of Topliss-reactive ketones (excluding diaryl/α,β-unsaturated/α-hetero) is 1. The Bertz CT molecular complexity index is 256. The van der Waals surface area contributed by atoms with Crippen molar-refractivity contribution in [2.24, 2.45) is 5.92 Å². The van der Waals surface area contributed by atoms with Gasteiger partial charge in [0.25, 0.3) is 0 Å². The van der Waals surface area contributed by atoms with Gasteiger partial charge in [-0.25, -0.2) is 0 Å². The molecule has 0 saturated carbocycles. The molecule has 0 aromatic heterocycles. The molecule has 0 N–H and O–H groups in total. The molecule has 0 spiro atoms. The molecule has 98 valence electrons. The van der Waals surface area contributed by atoms with Gasteiger partial charge >= 0.3 is 5.97 Å². The van der Waals surface area contributed by atoms with Crippen molar-refractivity contribution >= 4 is 11.8 Å². The van der Waals surface area contributed by atoms with Gasteiger partial charge in [0.05, 0.1) is 13.2 Å². The van der Waals surface area contributed by atoms with E-state index in [0.717, 1.165) is 32.3 Å². The van der Waals surface area contributed by atoms with Crippen molar-refractivity contribution in [2.75, 3.05) is 13.7 Å². The van der Waals surface area contributed by atoms with Crippen molar-refractivity contribution in [2.45, 2.75) is 51.6 Å². The maximum atomic E-state index is 12.0. The van der Waals surface area contributed by atoms with E-state index >= 15 is 0 Å². The summed E-state index contributed by atoms with van der Waals surface area (Å²) >= 11 is 0. The first-order valence-electron chi connectivity index (χ1n) is 6.41. The number of esters is 1. The summed E-state index contributed by atoms with van der Waals surface area (Å²) in [4.78, 5) is 23.6. The average Bonchev–Trinajstić information content (AvgIpc) is 2.81. The number of carbonyl (C=O) groups is 2. The standard InChI is InChI=1S/C13H22O4/c1-3-4-7-11(13(15)16-2)12(14)9-10-6-5-8-17-10/h10-11H,3-9H2,1-2H3. The molecule has 0 aromatic rings. The monoisotopic (exact) mass is 242 g/mol. The number of rotatable bonds is 7. The van der Waals surface area contributed by atoms with Crippen molar-refractivity contribution in [1.82, 2.24) is 0 Å². The third-order valence-electron chi connectivity index (χ3n) is 3.17. The molecule has 1 aliphatic rings. The van der Waals surface area contributed by atoms with E-state index in [9.17, 15) is 9.59 Å². The number of ether oxygens (including phenoxy) is 2. The van der Waals surface area contributed by atoms with E-state index in [1.807, 2.05) is 6.92 Å². The van der Waals surface area contributed by atoms with Crippen LogP contribution >= 0.6 is 0 Å². The zero-order valence-corrected chi connectivity index (χ0v) is 10.7. The fourth-order valence-electron chi connectivity index (χ4n) is 2.13. The lowest BCUT2D eigenvalue weighted by molar-refractivity contribution is -0.150. The zero-order valence-electron chi connectivity index (χ0n) is 10.7. The summed E-state index contributed by atoms with van der Waals surface area (Å²) in [5, 5.41) is 0. The molecule has 0 bridgehead atoms. The summed E-state index contributed by atoms with van der Waals surface area (Å²) in [6.45, 7) is 2.77. The van der Waals surface area contributed by atoms with E-state index in [0.29, 0.717) is 12.8 Å². The van der Waals surface area contributed by atoms with Crippen LogP contribution in [0.2, 0.25) is 0 Å². The van der Waals surface area contributed by atoms with Gasteiger partial charge in [-0.1, -0.05) is 19.8 Å². The van der Waals surface area contributed by atoms with Crippen molar-refractivity contribution in [3.8, 4) is 0 Å². The molecule has 0 aromatic carbocycles. The van der Waals surface area contributed by atoms with Crippen LogP contribution in [0.1, 0.15) is 45.4 Å². The Hall–Kier alpha value is -0.900. The van der Waals surface area contributed by atoms with Gasteiger partial charge in [-0.2, -0.15) is 0 Å². The maximum absolute atomic E-state index is 12.0. The highest BCUT2D eigenvalue weighted by Gasteiger charge is 2.29. The zero-order chi connectivity index (χ0) is 12.7. The number of methoxy groups -OCH3 is 1. The molecule has 17 heavy (non-hydrogen) atoms. The van der Waals surface area contributed by atoms with Crippen LogP contribution in [0.5, 0.6) is 0 Å². The third kappa shape index (κ3) is 4.46. The Morgan fingerprint density at radius 2 is 2.24 bits per heavy atom. The minimum absolute atomic E-state index is 0.0104. The average molecular weight is 242 g/mol. The van der Waals surface area contributed by atoms with Gasteiger partial charge in [0, 0.05) is 13.0 Å². The largest absolute Gasteiger partial charge is 0.468 e. The summed E-state index contributed by atoms with van der Waals surface area (Å²) in [6.07, 6.45) is 4.73. The minimum atomic E-state index is -0.593. The molecule has 4 heteroatoms. The number of unbranched alkanes of at least 4 members (excludes halogenated alkanes) is 1. The molecule has 4 nitrogen and oxygen atoms in total. The van der Waals surface area contributed by atoms with Gasteiger partial charge < -0.3 is 9.47 Å². The lowest BCUT2D eigenvalue weighted by Crippen LogP contribution is -2.28. The van der Waals surface area contributed by atoms with Gasteiger partial charge in [-0.3, -0.25) is 9.59 Å². The molecule has 2 unspecified atom stereocenters. The first-order chi connectivity index (χ1) is 8.19. The maximum Gasteiger partial charge on any atom is 0.316 e. The molecular formula is C13H22O4. The second-order valence-electron chi connectivity index (χ2n) is 4.52. The normalized spacial score (nSPS) is 21.2. The van der Waals surface area contributed by atoms with Gasteiger partial charge in [-0.05, 0) is 19.3 Å². The molecule has 1 heterocycles. The highest BCUT2D eigenvalue weighted by atomic mass is 16.5. The van der Waals surface area contributed by atoms with E-state index in [4.69, 9.17) is 9.47 Å². The third-order valence-corrected chi connectivity index (χ3v) is 3.17. The fourth-order valence-corrected chi connectivity index (χ4v) is 2.13. The second-order valence-corrected chi connectivity index (χ2v) is 4.52. The predicted molar refractivity (Wildman–Crippen MR) is 63.6 cm³/mol. The Labute approximate surface area is 103 Å². The van der Waals surface area contributed by atoms with Crippen molar-refractivity contribution < 1.29 is 19.1 Å². The van der Waals surface area contributed by atoms with Crippen LogP contribution in [0.4, 0.5) is 0 Å². The molecule has 0 amide bonds. The molecule has 2 atom stereocenters. The lowest BCUT2D eigenvalue weighted by atomic mass is 9.93. The van der Waals surface area contributed by atoms with Crippen LogP contribution in [-0.4, -0.2) is 31.6 Å². The van der Waals surface area contributed by atoms with Gasteiger partial charge in [0.2, 0.25) is 0 Å². The van der Waals surface area contributed by atoms with E-state index in [1.165, 1.54) is 7.11 Å². The SMILES string of the molecule is CCCCC(C(=O)CC1CCCO1)C(=O)OC. The Kier molecular flexibility index (Phi) is 6.19. The van der Waals surface area contributed by atoms with Crippen LogP contribution in [0.15, 0.2) is 0 Å². The topological polar surface area (TPSA) is 52.6 Å². The molecule has 1 fully saturated rings. The smallest absolute Gasteiger partial charge is 0.316 e. The highest BCUT2D eigenvalue weighted by Crippen LogP contribution is 2.20. The van der Waals surface area contributed by atoms with Gasteiger partial charge in [0.1, 0.15) is 11.7 Å². The summed E-state index contributed by atoms with van der Waals surface area (Å²) in [6, 6.07) is 0. The first kappa shape index (κ1) is 14.2. The van der Waals surface area contributed by atoms with E-state index in [1.54, 1.807) is 0 Å². The van der Waals surface area contributed by atoms with Crippen LogP contribution in [0.25, 0.3) is 0 Å². The fraction of sp³-hybridized carbons (Fsp3) is 0.846. The summed E-state index contributed by atoms with van der Waals surface area (Å²) in [5.74, 6) is -1.03. The quantitative estimate of drug-likeness (QED) is 0.507. The van der Waals surface area contributed by atoms with E-state index < -0.39 is 11.9 Å². The Balaban J connectivity index is 2.48. The van der Waals surface area contributed by atoms with Gasteiger partial charge in [0.15, 0.2) is 0 Å².